The van der Waals surface area contributed by atoms with Gasteiger partial charge in [-0.1, -0.05) is 32.1 Å². The number of nitrogens with one attached hydrogen (secondary N) is 1. The van der Waals surface area contributed by atoms with E-state index in [0.29, 0.717) is 0 Å². The first-order chi connectivity index (χ1) is 9.16. The summed E-state index contributed by atoms with van der Waals surface area (Å²) in [7, 11) is 1.82. The first-order valence-electron chi connectivity index (χ1n) is 7.21. The third-order valence-electron chi connectivity index (χ3n) is 3.82. The fourth-order valence-electron chi connectivity index (χ4n) is 2.64. The Balaban J connectivity index is 1.88. The average Bonchev–Trinajstić information content (AvgIpc) is 2.78. The van der Waals surface area contributed by atoms with E-state index in [0.717, 1.165) is 18.4 Å². The highest BCUT2D eigenvalue weighted by atomic mass is 16.2. The average molecular weight is 264 g/mol. The van der Waals surface area contributed by atoms with Crippen molar-refractivity contribution < 1.29 is 4.79 Å². The monoisotopic (exact) mass is 264 g/mol. The number of rotatable bonds is 3. The lowest BCUT2D eigenvalue weighted by atomic mass is 9.96. The number of carbonyl (C=O) groups is 1. The number of nitrogens with zero attached hydrogens (tertiary/aromatic N) is 2. The molecule has 19 heavy (non-hydrogen) atoms. The summed E-state index contributed by atoms with van der Waals surface area (Å²) in [5.74, 6) is -0.0847. The van der Waals surface area contributed by atoms with Gasteiger partial charge in [-0.3, -0.25) is 9.48 Å². The molecule has 1 saturated carbocycles. The fourth-order valence-corrected chi connectivity index (χ4v) is 2.64. The standard InChI is InChI=1S/C14H24N4O/c1-18-10-11(9-16-18)13(15)14(19)17-12-7-5-3-2-4-6-8-12/h9-10,12-13H,2-8,15H2,1H3,(H,17,19). The maximum Gasteiger partial charge on any atom is 0.241 e. The second-order valence-electron chi connectivity index (χ2n) is 5.48. The quantitative estimate of drug-likeness (QED) is 0.872. The van der Waals surface area contributed by atoms with Gasteiger partial charge in [0.15, 0.2) is 0 Å². The summed E-state index contributed by atoms with van der Waals surface area (Å²) < 4.78 is 1.66. The lowest BCUT2D eigenvalue weighted by Crippen LogP contribution is -2.41. The van der Waals surface area contributed by atoms with Crippen LogP contribution in [-0.2, 0) is 11.8 Å². The Morgan fingerprint density at radius 2 is 2.00 bits per heavy atom. The molecule has 1 unspecified atom stereocenters. The molecule has 1 aliphatic rings. The maximum absolute atomic E-state index is 12.1. The molecule has 0 aromatic carbocycles. The highest BCUT2D eigenvalue weighted by Gasteiger charge is 2.21. The SMILES string of the molecule is Cn1cc(C(N)C(=O)NC2CCCCCCC2)cn1. The van der Waals surface area contributed by atoms with Crippen molar-refractivity contribution in [2.75, 3.05) is 0 Å². The molecule has 5 heteroatoms. The normalized spacial score (nSPS) is 19.5. The minimum atomic E-state index is -0.612. The molecule has 106 valence electrons. The molecule has 0 aliphatic heterocycles. The number of hydrogen-bond donors (Lipinski definition) is 2. The Kier molecular flexibility index (Phi) is 4.96. The molecule has 1 amide bonds. The second kappa shape index (κ2) is 6.70. The molecular weight excluding hydrogens is 240 g/mol. The smallest absolute Gasteiger partial charge is 0.241 e. The Labute approximate surface area is 114 Å². The molecule has 1 atom stereocenters. The summed E-state index contributed by atoms with van der Waals surface area (Å²) in [5.41, 5.74) is 6.74. The molecule has 1 fully saturated rings. The molecule has 1 aliphatic carbocycles. The van der Waals surface area contributed by atoms with Crippen LogP contribution in [0.5, 0.6) is 0 Å². The maximum atomic E-state index is 12.1. The minimum absolute atomic E-state index is 0.0847. The van der Waals surface area contributed by atoms with Gasteiger partial charge in [0.05, 0.1) is 6.20 Å². The highest BCUT2D eigenvalue weighted by Crippen LogP contribution is 2.18. The van der Waals surface area contributed by atoms with Crippen molar-refractivity contribution in [2.45, 2.75) is 57.0 Å². The van der Waals surface area contributed by atoms with Gasteiger partial charge in [-0.25, -0.2) is 0 Å². The van der Waals surface area contributed by atoms with Crippen molar-refractivity contribution in [3.8, 4) is 0 Å². The van der Waals surface area contributed by atoms with Crippen LogP contribution in [0.25, 0.3) is 0 Å². The van der Waals surface area contributed by atoms with E-state index in [1.807, 2.05) is 7.05 Å². The van der Waals surface area contributed by atoms with Gasteiger partial charge in [-0.05, 0) is 12.8 Å². The molecule has 0 saturated heterocycles. The van der Waals surface area contributed by atoms with E-state index in [4.69, 9.17) is 5.73 Å². The van der Waals surface area contributed by atoms with E-state index in [-0.39, 0.29) is 11.9 Å². The van der Waals surface area contributed by atoms with Crippen LogP contribution in [-0.4, -0.2) is 21.7 Å². The van der Waals surface area contributed by atoms with Gasteiger partial charge < -0.3 is 11.1 Å². The number of carbonyl (C=O) groups excluding carboxylic acids is 1. The Morgan fingerprint density at radius 1 is 1.37 bits per heavy atom. The first-order valence-corrected chi connectivity index (χ1v) is 7.21. The molecule has 1 aromatic rings. The predicted octanol–water partition coefficient (Wildman–Crippen LogP) is 1.65. The van der Waals surface area contributed by atoms with Gasteiger partial charge in [0, 0.05) is 24.8 Å². The van der Waals surface area contributed by atoms with Gasteiger partial charge in [-0.2, -0.15) is 5.10 Å². The predicted molar refractivity (Wildman–Crippen MR) is 74.4 cm³/mol. The first kappa shape index (κ1) is 14.1. The van der Waals surface area contributed by atoms with Crippen molar-refractivity contribution in [3.63, 3.8) is 0 Å². The minimum Gasteiger partial charge on any atom is -0.352 e. The van der Waals surface area contributed by atoms with E-state index in [9.17, 15) is 4.79 Å². The number of hydrogen-bond acceptors (Lipinski definition) is 3. The van der Waals surface area contributed by atoms with Crippen LogP contribution in [0.3, 0.4) is 0 Å². The molecule has 0 spiro atoms. The number of aryl methyl sites for hydroxylation is 1. The van der Waals surface area contributed by atoms with Gasteiger partial charge in [0.1, 0.15) is 6.04 Å². The van der Waals surface area contributed by atoms with E-state index >= 15 is 0 Å². The summed E-state index contributed by atoms with van der Waals surface area (Å²) in [6.07, 6.45) is 11.9. The lowest BCUT2D eigenvalue weighted by molar-refractivity contribution is -0.123. The van der Waals surface area contributed by atoms with Crippen molar-refractivity contribution in [1.82, 2.24) is 15.1 Å². The van der Waals surface area contributed by atoms with Crippen molar-refractivity contribution in [2.24, 2.45) is 12.8 Å². The third kappa shape index (κ3) is 4.06. The van der Waals surface area contributed by atoms with Gasteiger partial charge in [-0.15, -0.1) is 0 Å². The fraction of sp³-hybridized carbons (Fsp3) is 0.714. The van der Waals surface area contributed by atoms with Gasteiger partial charge in [0.25, 0.3) is 0 Å². The van der Waals surface area contributed by atoms with Gasteiger partial charge in [0.2, 0.25) is 5.91 Å². The highest BCUT2D eigenvalue weighted by molar-refractivity contribution is 5.83. The molecular formula is C14H24N4O. The van der Waals surface area contributed by atoms with Crippen LogP contribution in [0.4, 0.5) is 0 Å². The molecule has 1 aromatic heterocycles. The van der Waals surface area contributed by atoms with E-state index in [1.54, 1.807) is 17.1 Å². The van der Waals surface area contributed by atoms with Crippen LogP contribution in [0.15, 0.2) is 12.4 Å². The zero-order valence-electron chi connectivity index (χ0n) is 11.6. The summed E-state index contributed by atoms with van der Waals surface area (Å²) in [6.45, 7) is 0. The van der Waals surface area contributed by atoms with Gasteiger partial charge >= 0.3 is 0 Å². The Morgan fingerprint density at radius 3 is 2.58 bits per heavy atom. The summed E-state index contributed by atoms with van der Waals surface area (Å²) in [6, 6.07) is -0.324. The molecule has 3 N–H and O–H groups in total. The summed E-state index contributed by atoms with van der Waals surface area (Å²) in [4.78, 5) is 12.1. The third-order valence-corrected chi connectivity index (χ3v) is 3.82. The molecule has 5 nitrogen and oxygen atoms in total. The zero-order chi connectivity index (χ0) is 13.7. The van der Waals surface area contributed by atoms with Crippen LogP contribution < -0.4 is 11.1 Å². The number of amides is 1. The van der Waals surface area contributed by atoms with Crippen molar-refractivity contribution in [1.29, 1.82) is 0 Å². The molecule has 0 bridgehead atoms. The molecule has 1 heterocycles. The van der Waals surface area contributed by atoms with E-state index in [2.05, 4.69) is 10.4 Å². The largest absolute Gasteiger partial charge is 0.352 e. The van der Waals surface area contributed by atoms with Crippen LogP contribution in [0.2, 0.25) is 0 Å². The Hall–Kier alpha value is -1.36. The summed E-state index contributed by atoms with van der Waals surface area (Å²) >= 11 is 0. The van der Waals surface area contributed by atoms with Crippen LogP contribution in [0, 0.1) is 0 Å². The van der Waals surface area contributed by atoms with Crippen LogP contribution >= 0.6 is 0 Å². The van der Waals surface area contributed by atoms with Crippen molar-refractivity contribution in [3.05, 3.63) is 18.0 Å². The number of nitrogens with two attached hydrogens (primary N) is 1. The topological polar surface area (TPSA) is 72.9 Å². The molecule has 2 rings (SSSR count). The van der Waals surface area contributed by atoms with E-state index in [1.165, 1.54) is 32.1 Å². The van der Waals surface area contributed by atoms with E-state index < -0.39 is 6.04 Å². The summed E-state index contributed by atoms with van der Waals surface area (Å²) in [5, 5.41) is 7.14. The van der Waals surface area contributed by atoms with Crippen LogP contribution in [0.1, 0.15) is 56.6 Å². The van der Waals surface area contributed by atoms with Crippen molar-refractivity contribution >= 4 is 5.91 Å². The second-order valence-corrected chi connectivity index (χ2v) is 5.48. The number of aromatic nitrogens is 2. The lowest BCUT2D eigenvalue weighted by Gasteiger charge is -2.22. The Bertz CT molecular complexity index is 407. The zero-order valence-corrected chi connectivity index (χ0v) is 11.6. The molecule has 0 radical (unpaired) electrons.